The third-order valence-corrected chi connectivity index (χ3v) is 6.28. The Morgan fingerprint density at radius 1 is 1.12 bits per heavy atom. The Hall–Kier alpha value is -3.41. The van der Waals surface area contributed by atoms with Gasteiger partial charge in [-0.1, -0.05) is 12.1 Å². The van der Waals surface area contributed by atoms with Gasteiger partial charge in [0.15, 0.2) is 5.11 Å². The van der Waals surface area contributed by atoms with Crippen molar-refractivity contribution in [1.29, 1.82) is 0 Å². The summed E-state index contributed by atoms with van der Waals surface area (Å²) in [5.41, 5.74) is -2.00. The van der Waals surface area contributed by atoms with E-state index in [4.69, 9.17) is 12.2 Å². The molecule has 2 bridgehead atoms. The molecule has 2 aliphatic heterocycles. The summed E-state index contributed by atoms with van der Waals surface area (Å²) in [6, 6.07) is 6.44. The average Bonchev–Trinajstić information content (AvgIpc) is 3.41. The van der Waals surface area contributed by atoms with Gasteiger partial charge in [-0.2, -0.15) is 13.2 Å². The largest absolute Gasteiger partial charge is 0.493 e. The van der Waals surface area contributed by atoms with Crippen LogP contribution in [0.2, 0.25) is 0 Å². The fourth-order valence-electron chi connectivity index (χ4n) is 4.52. The number of nitrogens with zero attached hydrogens (tertiary/aromatic N) is 3. The zero-order valence-corrected chi connectivity index (χ0v) is 17.4. The van der Waals surface area contributed by atoms with Crippen molar-refractivity contribution in [1.82, 2.24) is 14.0 Å². The Labute approximate surface area is 188 Å². The van der Waals surface area contributed by atoms with Crippen LogP contribution in [-0.2, 0) is 6.18 Å². The molecule has 33 heavy (non-hydrogen) atoms. The summed E-state index contributed by atoms with van der Waals surface area (Å²) in [6.45, 7) is 0.228. The molecule has 1 saturated heterocycles. The zero-order chi connectivity index (χ0) is 23.7. The van der Waals surface area contributed by atoms with Gasteiger partial charge in [-0.05, 0) is 49.0 Å². The second-order valence-electron chi connectivity index (χ2n) is 7.83. The molecule has 3 heterocycles. The molecule has 0 aliphatic carbocycles. The van der Waals surface area contributed by atoms with Crippen LogP contribution in [0.4, 0.5) is 27.6 Å². The van der Waals surface area contributed by atoms with E-state index in [9.17, 15) is 31.9 Å². The number of thiocarbonyl (C=S) groups is 1. The van der Waals surface area contributed by atoms with Gasteiger partial charge < -0.3 is 15.3 Å². The van der Waals surface area contributed by atoms with Gasteiger partial charge >= 0.3 is 11.9 Å². The van der Waals surface area contributed by atoms with E-state index in [2.05, 4.69) is 5.32 Å². The van der Waals surface area contributed by atoms with Crippen molar-refractivity contribution < 1.29 is 27.1 Å². The molecule has 1 fully saturated rings. The van der Waals surface area contributed by atoms with Gasteiger partial charge in [-0.25, -0.2) is 18.1 Å². The molecule has 3 aromatic rings. The van der Waals surface area contributed by atoms with Gasteiger partial charge in [-0.3, -0.25) is 4.57 Å². The molecule has 1 aromatic heterocycles. The quantitative estimate of drug-likeness (QED) is 0.421. The Balaban J connectivity index is 1.50. The maximum Gasteiger partial charge on any atom is 0.416 e. The molecule has 0 spiro atoms. The predicted molar refractivity (Wildman–Crippen MR) is 112 cm³/mol. The summed E-state index contributed by atoms with van der Waals surface area (Å²) in [7, 11) is 0. The van der Waals surface area contributed by atoms with Crippen LogP contribution < -0.4 is 11.0 Å². The molecule has 0 amide bonds. The third-order valence-electron chi connectivity index (χ3n) is 5.94. The number of anilines is 1. The normalized spacial score (nSPS) is 19.1. The Morgan fingerprint density at radius 3 is 2.45 bits per heavy atom. The van der Waals surface area contributed by atoms with Crippen molar-refractivity contribution in [2.24, 2.45) is 0 Å². The number of hydrogen-bond donors (Lipinski definition) is 2. The molecule has 5 rings (SSSR count). The number of likely N-dealkylation sites (tertiary alicyclic amines) is 1. The van der Waals surface area contributed by atoms with Crippen LogP contribution in [0, 0.1) is 11.6 Å². The smallest absolute Gasteiger partial charge is 0.416 e. The third kappa shape index (κ3) is 3.27. The number of benzene rings is 2. The highest BCUT2D eigenvalue weighted by Crippen LogP contribution is 2.49. The lowest BCUT2D eigenvalue weighted by Gasteiger charge is -2.30. The number of aromatic nitrogens is 2. The van der Waals surface area contributed by atoms with Gasteiger partial charge in [0.1, 0.15) is 23.0 Å². The maximum atomic E-state index is 14.0. The van der Waals surface area contributed by atoms with Crippen LogP contribution in [0.3, 0.4) is 0 Å². The minimum Gasteiger partial charge on any atom is -0.493 e. The molecule has 172 valence electrons. The van der Waals surface area contributed by atoms with Crippen LogP contribution in [0.1, 0.15) is 29.8 Å². The summed E-state index contributed by atoms with van der Waals surface area (Å²) in [6.07, 6.45) is -4.21. The first-order valence-electron chi connectivity index (χ1n) is 9.83. The molecule has 0 radical (unpaired) electrons. The molecule has 2 aromatic carbocycles. The standard InChI is InChI=1S/C21H15F5N4O2S/c22-13-5-2-6-14(23)16(13)27-19(33)28-9-12-8-15(28)17-18(31)30(20(32)29(12)17)11-4-1-3-10(7-11)21(24,25)26/h1-7,12,15,31H,8-9H2,(H,27,33). The van der Waals surface area contributed by atoms with Crippen LogP contribution in [-0.4, -0.2) is 30.8 Å². The van der Waals surface area contributed by atoms with Crippen LogP contribution in [0.25, 0.3) is 5.69 Å². The lowest BCUT2D eigenvalue weighted by atomic mass is 10.2. The molecule has 2 N–H and O–H groups in total. The first-order chi connectivity index (χ1) is 15.6. The molecular formula is C21H15F5N4O2S. The molecule has 0 saturated carbocycles. The Kier molecular flexibility index (Phi) is 4.74. The summed E-state index contributed by atoms with van der Waals surface area (Å²) in [4.78, 5) is 14.6. The van der Waals surface area contributed by atoms with E-state index in [1.807, 2.05) is 0 Å². The van der Waals surface area contributed by atoms with Gasteiger partial charge in [0.05, 0.1) is 23.3 Å². The van der Waals surface area contributed by atoms with Crippen molar-refractivity contribution in [2.45, 2.75) is 24.7 Å². The Morgan fingerprint density at radius 2 is 1.79 bits per heavy atom. The lowest BCUT2D eigenvalue weighted by Crippen LogP contribution is -2.40. The summed E-state index contributed by atoms with van der Waals surface area (Å²) in [5.74, 6) is -2.18. The number of fused-ring (bicyclic) bond motifs is 5. The van der Waals surface area contributed by atoms with Crippen molar-refractivity contribution in [3.8, 4) is 11.6 Å². The molecular weight excluding hydrogens is 467 g/mol. The van der Waals surface area contributed by atoms with Crippen molar-refractivity contribution in [3.05, 3.63) is 75.8 Å². The van der Waals surface area contributed by atoms with Gasteiger partial charge in [0, 0.05) is 6.54 Å². The maximum absolute atomic E-state index is 14.0. The van der Waals surface area contributed by atoms with E-state index in [1.54, 1.807) is 4.90 Å². The minimum absolute atomic E-state index is 0.00332. The number of imidazole rings is 1. The van der Waals surface area contributed by atoms with E-state index in [0.717, 1.165) is 34.9 Å². The monoisotopic (exact) mass is 482 g/mol. The van der Waals surface area contributed by atoms with E-state index in [0.29, 0.717) is 6.42 Å². The second kappa shape index (κ2) is 7.30. The number of alkyl halides is 3. The highest BCUT2D eigenvalue weighted by atomic mass is 32.1. The van der Waals surface area contributed by atoms with Crippen molar-refractivity contribution in [3.63, 3.8) is 0 Å². The van der Waals surface area contributed by atoms with Gasteiger partial charge in [0.25, 0.3) is 0 Å². The van der Waals surface area contributed by atoms with E-state index in [-0.39, 0.29) is 23.0 Å². The minimum atomic E-state index is -4.62. The first-order valence-corrected chi connectivity index (χ1v) is 10.2. The van der Waals surface area contributed by atoms with Gasteiger partial charge in [0.2, 0.25) is 5.88 Å². The highest BCUT2D eigenvalue weighted by molar-refractivity contribution is 7.80. The molecule has 12 heteroatoms. The van der Waals surface area contributed by atoms with E-state index >= 15 is 0 Å². The molecule has 2 unspecified atom stereocenters. The first kappa shape index (κ1) is 21.4. The number of hydrogen-bond acceptors (Lipinski definition) is 3. The van der Waals surface area contributed by atoms with Crippen LogP contribution >= 0.6 is 12.2 Å². The Bertz CT molecular complexity index is 1330. The topological polar surface area (TPSA) is 62.4 Å². The summed E-state index contributed by atoms with van der Waals surface area (Å²) < 4.78 is 69.5. The van der Waals surface area contributed by atoms with Crippen molar-refractivity contribution in [2.75, 3.05) is 11.9 Å². The van der Waals surface area contributed by atoms with Crippen LogP contribution in [0.15, 0.2) is 47.3 Å². The summed E-state index contributed by atoms with van der Waals surface area (Å²) in [5, 5.41) is 13.4. The molecule has 2 aliphatic rings. The van der Waals surface area contributed by atoms with Crippen LogP contribution in [0.5, 0.6) is 5.88 Å². The van der Waals surface area contributed by atoms with E-state index < -0.39 is 52.7 Å². The lowest BCUT2D eigenvalue weighted by molar-refractivity contribution is -0.137. The van der Waals surface area contributed by atoms with Gasteiger partial charge in [-0.15, -0.1) is 0 Å². The summed E-state index contributed by atoms with van der Waals surface area (Å²) >= 11 is 5.32. The zero-order valence-electron chi connectivity index (χ0n) is 16.6. The second-order valence-corrected chi connectivity index (χ2v) is 8.22. The van der Waals surface area contributed by atoms with Crippen molar-refractivity contribution >= 4 is 23.0 Å². The number of rotatable bonds is 2. The average molecular weight is 482 g/mol. The fourth-order valence-corrected chi connectivity index (χ4v) is 4.82. The predicted octanol–water partition coefficient (Wildman–Crippen LogP) is 4.34. The highest BCUT2D eigenvalue weighted by Gasteiger charge is 2.48. The number of nitrogens with one attached hydrogen (secondary N) is 1. The fraction of sp³-hybridized carbons (Fsp3) is 0.238. The number of para-hydroxylation sites is 1. The molecule has 2 atom stereocenters. The SMILES string of the molecule is O=c1n(-c2cccc(C(F)(F)F)c2)c(O)c2n1C1CC2N(C(=S)Nc2c(F)cccc2F)C1. The number of aromatic hydroxyl groups is 1. The molecule has 6 nitrogen and oxygen atoms in total. The van der Waals surface area contributed by atoms with E-state index in [1.165, 1.54) is 16.7 Å². The number of halogens is 5.